The van der Waals surface area contributed by atoms with E-state index < -0.39 is 0 Å². The molecule has 0 atom stereocenters. The second kappa shape index (κ2) is 13.7. The van der Waals surface area contributed by atoms with E-state index >= 15 is 0 Å². The van der Waals surface area contributed by atoms with Crippen molar-refractivity contribution in [3.05, 3.63) is 200 Å². The zero-order chi connectivity index (χ0) is 36.7. The van der Waals surface area contributed by atoms with E-state index in [9.17, 15) is 0 Å². The summed E-state index contributed by atoms with van der Waals surface area (Å²) >= 11 is 0. The normalized spacial score (nSPS) is 11.5. The molecule has 0 unspecified atom stereocenters. The molecule has 0 aliphatic heterocycles. The van der Waals surface area contributed by atoms with E-state index in [-0.39, 0.29) is 0 Å². The number of fused-ring (bicyclic) bond motifs is 6. The summed E-state index contributed by atoms with van der Waals surface area (Å²) in [6.07, 6.45) is 2.14. The molecule has 0 radical (unpaired) electrons. The van der Waals surface area contributed by atoms with Crippen LogP contribution in [0.5, 0.6) is 0 Å². The first-order valence-electron chi connectivity index (χ1n) is 19.1. The fourth-order valence-electron chi connectivity index (χ4n) is 8.13. The number of rotatable bonds is 9. The number of hydrogen-bond donors (Lipinski definition) is 0. The van der Waals surface area contributed by atoms with Crippen molar-refractivity contribution in [3.63, 3.8) is 0 Å². The van der Waals surface area contributed by atoms with Gasteiger partial charge in [0.25, 0.3) is 0 Å². The highest BCUT2D eigenvalue weighted by Crippen LogP contribution is 2.43. The molecule has 0 fully saturated rings. The van der Waals surface area contributed by atoms with Crippen LogP contribution >= 0.6 is 0 Å². The number of hydrogen-bond acceptors (Lipinski definition) is 3. The number of furan rings is 1. The Morgan fingerprint density at radius 3 is 1.44 bits per heavy atom. The van der Waals surface area contributed by atoms with Gasteiger partial charge in [0.15, 0.2) is 0 Å². The van der Waals surface area contributed by atoms with Crippen LogP contribution in [0.1, 0.15) is 18.9 Å². The lowest BCUT2D eigenvalue weighted by Gasteiger charge is -2.26. The molecule has 10 rings (SSSR count). The standard InChI is InChI=1S/C51H39N3O/c1-2-15-36-24-30-45-47-34-49-46(35-51(47)55-50(45)32-36)44-31-29-43(53(39-20-11-5-12-21-39)40-22-13-6-14-23-40)33-48(44)54(49)42-27-25-41(26-28-42)52(37-16-7-3-8-17-37)38-18-9-4-10-19-38/h3-14,16-35H,2,15H2,1H3. The molecule has 0 saturated heterocycles. The predicted octanol–water partition coefficient (Wildman–Crippen LogP) is 14.6. The number of nitrogens with zero attached hydrogens (tertiary/aromatic N) is 3. The molecule has 2 aromatic heterocycles. The molecule has 0 aliphatic carbocycles. The molecule has 55 heavy (non-hydrogen) atoms. The van der Waals surface area contributed by atoms with Crippen molar-refractivity contribution < 1.29 is 4.42 Å². The third-order valence-electron chi connectivity index (χ3n) is 10.6. The highest BCUT2D eigenvalue weighted by atomic mass is 16.3. The molecule has 0 amide bonds. The van der Waals surface area contributed by atoms with Gasteiger partial charge in [-0.15, -0.1) is 0 Å². The molecule has 0 spiro atoms. The Balaban J connectivity index is 1.20. The third-order valence-corrected chi connectivity index (χ3v) is 10.6. The van der Waals surface area contributed by atoms with Crippen LogP contribution < -0.4 is 9.80 Å². The fourth-order valence-corrected chi connectivity index (χ4v) is 8.13. The molecule has 264 valence electrons. The van der Waals surface area contributed by atoms with Crippen LogP contribution in [0.15, 0.2) is 199 Å². The maximum atomic E-state index is 6.59. The minimum absolute atomic E-state index is 0.909. The van der Waals surface area contributed by atoms with Gasteiger partial charge in [0.2, 0.25) is 0 Å². The van der Waals surface area contributed by atoms with Crippen molar-refractivity contribution in [2.75, 3.05) is 9.80 Å². The molecule has 4 nitrogen and oxygen atoms in total. The molecule has 0 saturated carbocycles. The van der Waals surface area contributed by atoms with Gasteiger partial charge in [0.1, 0.15) is 11.2 Å². The lowest BCUT2D eigenvalue weighted by molar-refractivity contribution is 0.668. The first kappa shape index (κ1) is 32.6. The summed E-state index contributed by atoms with van der Waals surface area (Å²) in [5.41, 5.74) is 13.1. The van der Waals surface area contributed by atoms with E-state index in [0.29, 0.717) is 0 Å². The van der Waals surface area contributed by atoms with Gasteiger partial charge in [-0.2, -0.15) is 0 Å². The molecular formula is C51H39N3O. The SMILES string of the molecule is CCCc1ccc2c(c1)oc1cc3c4ccc(N(c5ccccc5)c5ccccc5)cc4n(-c4ccc(N(c5ccccc5)c5ccccc5)cc4)c3cc12. The van der Waals surface area contributed by atoms with E-state index in [2.05, 4.69) is 215 Å². The van der Waals surface area contributed by atoms with Crippen molar-refractivity contribution >= 4 is 77.9 Å². The lowest BCUT2D eigenvalue weighted by Crippen LogP contribution is -2.10. The summed E-state index contributed by atoms with van der Waals surface area (Å²) in [7, 11) is 0. The molecule has 0 aliphatic rings. The van der Waals surface area contributed by atoms with Crippen molar-refractivity contribution in [1.82, 2.24) is 4.57 Å². The lowest BCUT2D eigenvalue weighted by atomic mass is 10.1. The van der Waals surface area contributed by atoms with Gasteiger partial charge in [-0.1, -0.05) is 104 Å². The molecule has 8 aromatic carbocycles. The highest BCUT2D eigenvalue weighted by Gasteiger charge is 2.20. The first-order valence-corrected chi connectivity index (χ1v) is 19.1. The summed E-state index contributed by atoms with van der Waals surface area (Å²) in [4.78, 5) is 4.63. The Hall–Kier alpha value is -7.04. The number of benzene rings is 8. The van der Waals surface area contributed by atoms with Gasteiger partial charge < -0.3 is 18.8 Å². The van der Waals surface area contributed by atoms with Gasteiger partial charge in [-0.3, -0.25) is 0 Å². The van der Waals surface area contributed by atoms with E-state index in [1.807, 2.05) is 0 Å². The second-order valence-corrected chi connectivity index (χ2v) is 14.1. The molecule has 4 heteroatoms. The second-order valence-electron chi connectivity index (χ2n) is 14.1. The Morgan fingerprint density at radius 1 is 0.400 bits per heavy atom. The van der Waals surface area contributed by atoms with Crippen LogP contribution in [-0.2, 0) is 6.42 Å². The maximum Gasteiger partial charge on any atom is 0.136 e. The summed E-state index contributed by atoms with van der Waals surface area (Å²) in [5.74, 6) is 0. The minimum atomic E-state index is 0.909. The van der Waals surface area contributed by atoms with Gasteiger partial charge >= 0.3 is 0 Å². The smallest absolute Gasteiger partial charge is 0.136 e. The molecule has 2 heterocycles. The summed E-state index contributed by atoms with van der Waals surface area (Å²) in [5, 5.41) is 4.60. The zero-order valence-electron chi connectivity index (χ0n) is 30.6. The Labute approximate surface area is 320 Å². The highest BCUT2D eigenvalue weighted by molar-refractivity contribution is 6.17. The summed E-state index contributed by atoms with van der Waals surface area (Å²) in [6, 6.07) is 69.4. The van der Waals surface area contributed by atoms with Crippen LogP contribution in [0.25, 0.3) is 49.4 Å². The van der Waals surface area contributed by atoms with Crippen molar-refractivity contribution in [2.45, 2.75) is 19.8 Å². The average Bonchev–Trinajstić information content (AvgIpc) is 3.76. The van der Waals surface area contributed by atoms with Gasteiger partial charge in [0.05, 0.1) is 11.0 Å². The minimum Gasteiger partial charge on any atom is -0.456 e. The number of aromatic nitrogens is 1. The summed E-state index contributed by atoms with van der Waals surface area (Å²) < 4.78 is 9.01. The van der Waals surface area contributed by atoms with Crippen molar-refractivity contribution in [2.24, 2.45) is 0 Å². The van der Waals surface area contributed by atoms with E-state index in [4.69, 9.17) is 4.42 Å². The van der Waals surface area contributed by atoms with Crippen molar-refractivity contribution in [3.8, 4) is 5.69 Å². The monoisotopic (exact) mass is 709 g/mol. The Kier molecular flexibility index (Phi) is 8.15. The Bertz CT molecular complexity index is 2840. The van der Waals surface area contributed by atoms with Gasteiger partial charge in [-0.25, -0.2) is 0 Å². The van der Waals surface area contributed by atoms with E-state index in [0.717, 1.165) is 91.0 Å². The largest absolute Gasteiger partial charge is 0.456 e. The molecular weight excluding hydrogens is 671 g/mol. The summed E-state index contributed by atoms with van der Waals surface area (Å²) in [6.45, 7) is 2.22. The van der Waals surface area contributed by atoms with Crippen LogP contribution in [0.2, 0.25) is 0 Å². The van der Waals surface area contributed by atoms with Crippen molar-refractivity contribution in [1.29, 1.82) is 0 Å². The maximum absolute atomic E-state index is 6.59. The van der Waals surface area contributed by atoms with E-state index in [1.165, 1.54) is 10.9 Å². The topological polar surface area (TPSA) is 24.6 Å². The molecule has 0 N–H and O–H groups in total. The van der Waals surface area contributed by atoms with Crippen LogP contribution in [0, 0.1) is 0 Å². The molecule has 10 aromatic rings. The Morgan fingerprint density at radius 2 is 0.873 bits per heavy atom. The van der Waals surface area contributed by atoms with Crippen LogP contribution in [0.3, 0.4) is 0 Å². The zero-order valence-corrected chi connectivity index (χ0v) is 30.6. The number of anilines is 6. The number of para-hydroxylation sites is 4. The van der Waals surface area contributed by atoms with Crippen LogP contribution in [-0.4, -0.2) is 4.57 Å². The van der Waals surface area contributed by atoms with Crippen LogP contribution in [0.4, 0.5) is 34.1 Å². The van der Waals surface area contributed by atoms with Gasteiger partial charge in [0, 0.05) is 61.4 Å². The molecule has 0 bridgehead atoms. The first-order chi connectivity index (χ1) is 27.2. The number of aryl methyl sites for hydroxylation is 1. The third kappa shape index (κ3) is 5.80. The van der Waals surface area contributed by atoms with Gasteiger partial charge in [-0.05, 0) is 115 Å². The average molecular weight is 710 g/mol. The van der Waals surface area contributed by atoms with E-state index in [1.54, 1.807) is 0 Å². The quantitative estimate of drug-likeness (QED) is 0.149. The fraction of sp³-hybridized carbons (Fsp3) is 0.0588. The predicted molar refractivity (Wildman–Crippen MR) is 231 cm³/mol.